The van der Waals surface area contributed by atoms with E-state index in [1.165, 1.54) is 13.0 Å². The van der Waals surface area contributed by atoms with Crippen LogP contribution >= 0.6 is 0 Å². The van der Waals surface area contributed by atoms with Crippen molar-refractivity contribution in [2.45, 2.75) is 119 Å². The molecule has 1 unspecified atom stereocenters. The average molecular weight is 729 g/mol. The summed E-state index contributed by atoms with van der Waals surface area (Å²) in [7, 11) is 0. The number of hydrogen-bond acceptors (Lipinski definition) is 12. The lowest BCUT2D eigenvalue weighted by Gasteiger charge is -2.68. The van der Waals surface area contributed by atoms with Crippen molar-refractivity contribution in [2.24, 2.45) is 28.6 Å². The Morgan fingerprint density at radius 2 is 1.49 bits per heavy atom. The van der Waals surface area contributed by atoms with Crippen LogP contribution in [0.5, 0.6) is 0 Å². The van der Waals surface area contributed by atoms with Gasteiger partial charge in [0.15, 0.2) is 6.29 Å². The first-order chi connectivity index (χ1) is 19.2. The summed E-state index contributed by atoms with van der Waals surface area (Å²) in [6.45, 7) is 3.00. The van der Waals surface area contributed by atoms with Crippen LogP contribution in [0, 0.1) is 28.6 Å². The fraction of sp³-hybridized carbons (Fsp3) is 0.897. The number of rotatable bonds is 4. The van der Waals surface area contributed by atoms with E-state index in [2.05, 4.69) is 0 Å². The van der Waals surface area contributed by atoms with Gasteiger partial charge in [-0.05, 0) is 56.4 Å². The van der Waals surface area contributed by atoms with E-state index in [-0.39, 0.29) is 82.0 Å². The van der Waals surface area contributed by atoms with E-state index in [4.69, 9.17) is 14.2 Å². The molecule has 4 aliphatic carbocycles. The van der Waals surface area contributed by atoms with Crippen LogP contribution in [0.15, 0.2) is 11.6 Å². The topological polar surface area (TPSA) is 459 Å². The third-order valence-corrected chi connectivity index (χ3v) is 12.2. The summed E-state index contributed by atoms with van der Waals surface area (Å²) in [5.74, 6) is -1.93. The van der Waals surface area contributed by atoms with Crippen LogP contribution in [0.2, 0.25) is 0 Å². The predicted molar refractivity (Wildman–Crippen MR) is 168 cm³/mol. The molecule has 0 aromatic heterocycles. The SMILES string of the molecule is C[C@@H]1OC(O[C@H]2C[C@@H](O)[C@]3(CO)[C@H]4[C@H](O)C[C@]5(C)[C@@H](C6=CC(=O)OC6)CC[C@]5(O)[C@@H]4CC[C@]3(O)C2)[C@H](O)[C@H](O)[C@H]1O.O.O.O.O.O.O.O.O. The van der Waals surface area contributed by atoms with E-state index in [0.29, 0.717) is 19.3 Å². The Bertz CT molecular complexity index is 1100. The molecule has 0 spiro atoms. The molecule has 0 aromatic rings. The number of fused-ring (bicyclic) bond motifs is 5. The second-order valence-electron chi connectivity index (χ2n) is 13.8. The Morgan fingerprint density at radius 3 is 2.04 bits per heavy atom. The first kappa shape index (κ1) is 51.9. The summed E-state index contributed by atoms with van der Waals surface area (Å²) >= 11 is 0. The largest absolute Gasteiger partial charge is 0.458 e. The van der Waals surface area contributed by atoms with Gasteiger partial charge in [0.1, 0.15) is 24.9 Å². The number of esters is 1. The molecule has 6 aliphatic rings. The highest BCUT2D eigenvalue weighted by Gasteiger charge is 2.75. The zero-order valence-electron chi connectivity index (χ0n) is 27.5. The van der Waals surface area contributed by atoms with Gasteiger partial charge >= 0.3 is 5.97 Å². The summed E-state index contributed by atoms with van der Waals surface area (Å²) in [4.78, 5) is 11.8. The molecule has 15 atom stereocenters. The maximum Gasteiger partial charge on any atom is 0.331 e. The van der Waals surface area contributed by atoms with Crippen LogP contribution < -0.4 is 0 Å². The van der Waals surface area contributed by atoms with Crippen molar-refractivity contribution in [1.82, 2.24) is 0 Å². The van der Waals surface area contributed by atoms with Crippen molar-refractivity contribution in [2.75, 3.05) is 13.2 Å². The first-order valence-electron chi connectivity index (χ1n) is 14.9. The molecule has 0 radical (unpaired) electrons. The van der Waals surface area contributed by atoms with Crippen LogP contribution in [-0.4, -0.2) is 164 Å². The average Bonchev–Trinajstić information content (AvgIpc) is 3.45. The molecule has 0 bridgehead atoms. The van der Waals surface area contributed by atoms with Gasteiger partial charge in [-0.3, -0.25) is 0 Å². The third-order valence-electron chi connectivity index (χ3n) is 12.2. The Kier molecular flexibility index (Phi) is 18.3. The lowest BCUT2D eigenvalue weighted by atomic mass is 9.40. The minimum atomic E-state index is -1.67. The first-order valence-corrected chi connectivity index (χ1v) is 14.9. The van der Waals surface area contributed by atoms with Gasteiger partial charge in [-0.25, -0.2) is 4.79 Å². The summed E-state index contributed by atoms with van der Waals surface area (Å²) in [6, 6.07) is 0. The van der Waals surface area contributed by atoms with E-state index < -0.39 is 95.5 Å². The smallest absolute Gasteiger partial charge is 0.331 e. The monoisotopic (exact) mass is 728 g/mol. The molecule has 296 valence electrons. The number of carbonyl (C=O) groups is 1. The Labute approximate surface area is 282 Å². The quantitative estimate of drug-likeness (QED) is 0.0988. The molecule has 20 heteroatoms. The van der Waals surface area contributed by atoms with Gasteiger partial charge in [0.2, 0.25) is 0 Å². The third kappa shape index (κ3) is 7.02. The van der Waals surface area contributed by atoms with Crippen LogP contribution in [0.4, 0.5) is 0 Å². The summed E-state index contributed by atoms with van der Waals surface area (Å²) in [5.41, 5.74) is -4.46. The number of cyclic esters (lactones) is 1. The summed E-state index contributed by atoms with van der Waals surface area (Å²) in [6.07, 6.45) is -6.68. The van der Waals surface area contributed by atoms with Gasteiger partial charge in [0, 0.05) is 30.3 Å². The molecule has 20 nitrogen and oxygen atoms in total. The van der Waals surface area contributed by atoms with Crippen LogP contribution in [0.3, 0.4) is 0 Å². The zero-order chi connectivity index (χ0) is 29.7. The normalized spacial score (nSPS) is 47.6. The second-order valence-corrected chi connectivity index (χ2v) is 13.8. The lowest BCUT2D eigenvalue weighted by molar-refractivity contribution is -0.342. The van der Waals surface area contributed by atoms with Crippen molar-refractivity contribution in [1.29, 1.82) is 0 Å². The van der Waals surface area contributed by atoms with Crippen LogP contribution in [-0.2, 0) is 19.0 Å². The zero-order valence-corrected chi connectivity index (χ0v) is 27.5. The fourth-order valence-corrected chi connectivity index (χ4v) is 10.1. The van der Waals surface area contributed by atoms with Gasteiger partial charge in [-0.15, -0.1) is 0 Å². The second kappa shape index (κ2) is 17.3. The Morgan fingerprint density at radius 1 is 0.878 bits per heavy atom. The molecule has 24 N–H and O–H groups in total. The highest BCUT2D eigenvalue weighted by Crippen LogP contribution is 2.70. The van der Waals surface area contributed by atoms with Gasteiger partial charge in [0.25, 0.3) is 0 Å². The summed E-state index contributed by atoms with van der Waals surface area (Å²) < 4.78 is 16.7. The van der Waals surface area contributed by atoms with Crippen molar-refractivity contribution < 1.29 is 104 Å². The fourth-order valence-electron chi connectivity index (χ4n) is 10.1. The van der Waals surface area contributed by atoms with Crippen molar-refractivity contribution in [3.05, 3.63) is 11.6 Å². The standard InChI is InChI=1S/C29H44O12.8H2O/c1-13-22(34)23(35)24(36)25(40-13)41-15-8-19(32)28(12-30)21-17(3-5-27(28,37)9-15)29(38)6-4-16(14-7-20(33)39-11-14)26(29,2)10-18(21)31;;;;;;;;/h7,13,15-19,21-25,30-32,34-38H,3-6,8-12H2,1-2H3;8*1H2/t13-,15-,16+,17+,18+,19+,21+,22-,23+,24+,25?,26+,27-,28+,29-;;;;;;;;/m0......../s1. The highest BCUT2D eigenvalue weighted by molar-refractivity contribution is 5.85. The Hall–Kier alpha value is -1.51. The van der Waals surface area contributed by atoms with Crippen LogP contribution in [0.1, 0.15) is 58.8 Å². The molecular weight excluding hydrogens is 668 g/mol. The van der Waals surface area contributed by atoms with E-state index in [9.17, 15) is 45.6 Å². The number of carbonyl (C=O) groups excluding carboxylic acids is 1. The molecule has 2 aliphatic heterocycles. The molecule has 4 saturated carbocycles. The number of aliphatic hydroxyl groups is 8. The van der Waals surface area contributed by atoms with Gasteiger partial charge in [-0.2, -0.15) is 0 Å². The van der Waals surface area contributed by atoms with E-state index in [1.54, 1.807) is 0 Å². The molecule has 5 fully saturated rings. The molecule has 6 rings (SSSR count). The lowest BCUT2D eigenvalue weighted by Crippen LogP contribution is -2.76. The van der Waals surface area contributed by atoms with Crippen molar-refractivity contribution in [3.8, 4) is 0 Å². The summed E-state index contributed by atoms with van der Waals surface area (Å²) in [5, 5.41) is 89.6. The predicted octanol–water partition coefficient (Wildman–Crippen LogP) is -8.11. The minimum Gasteiger partial charge on any atom is -0.458 e. The molecule has 49 heavy (non-hydrogen) atoms. The highest BCUT2D eigenvalue weighted by atomic mass is 16.7. The van der Waals surface area contributed by atoms with Gasteiger partial charge in [-0.1, -0.05) is 6.92 Å². The van der Waals surface area contributed by atoms with E-state index >= 15 is 0 Å². The molecule has 0 aromatic carbocycles. The van der Waals surface area contributed by atoms with E-state index in [1.807, 2.05) is 6.92 Å². The molecule has 0 amide bonds. The molecular formula is C29H60O20. The van der Waals surface area contributed by atoms with Crippen LogP contribution in [0.25, 0.3) is 0 Å². The Balaban J connectivity index is -0.00000264. The van der Waals surface area contributed by atoms with Gasteiger partial charge < -0.3 is 98.9 Å². The van der Waals surface area contributed by atoms with Gasteiger partial charge in [0.05, 0.1) is 47.6 Å². The number of ether oxygens (including phenoxy) is 3. The van der Waals surface area contributed by atoms with Crippen molar-refractivity contribution in [3.63, 3.8) is 0 Å². The minimum absolute atomic E-state index is 0. The molecule has 2 heterocycles. The van der Waals surface area contributed by atoms with Crippen molar-refractivity contribution >= 4 is 5.97 Å². The maximum absolute atomic E-state index is 12.4. The maximum atomic E-state index is 12.4. The number of hydrogen-bond donors (Lipinski definition) is 8. The van der Waals surface area contributed by atoms with E-state index in [0.717, 1.165) is 5.57 Å². The number of aliphatic hydroxyl groups excluding tert-OH is 6. The molecule has 1 saturated heterocycles.